The zero-order valence-electron chi connectivity index (χ0n) is 16.6. The molecule has 162 valence electrons. The van der Waals surface area contributed by atoms with Crippen LogP contribution in [-0.2, 0) is 14.8 Å². The number of anilines is 2. The van der Waals surface area contributed by atoms with E-state index >= 15 is 0 Å². The second-order valence-corrected chi connectivity index (χ2v) is 9.20. The van der Waals surface area contributed by atoms with E-state index in [0.29, 0.717) is 16.8 Å². The molecule has 0 radical (unpaired) electrons. The van der Waals surface area contributed by atoms with Crippen LogP contribution in [-0.4, -0.2) is 27.5 Å². The summed E-state index contributed by atoms with van der Waals surface area (Å²) < 4.78 is 47.5. The quantitative estimate of drug-likeness (QED) is 0.475. The Morgan fingerprint density at radius 2 is 1.74 bits per heavy atom. The van der Waals surface area contributed by atoms with Crippen LogP contribution in [0.25, 0.3) is 0 Å². The normalized spacial score (nSPS) is 11.1. The van der Waals surface area contributed by atoms with Gasteiger partial charge in [0.2, 0.25) is 5.91 Å². The molecule has 1 N–H and O–H groups in total. The van der Waals surface area contributed by atoms with Crippen molar-refractivity contribution in [1.29, 1.82) is 0 Å². The molecule has 6 nitrogen and oxygen atoms in total. The molecule has 0 aliphatic heterocycles. The van der Waals surface area contributed by atoms with E-state index in [-0.39, 0.29) is 16.3 Å². The van der Waals surface area contributed by atoms with Gasteiger partial charge in [0.05, 0.1) is 22.9 Å². The van der Waals surface area contributed by atoms with Crippen LogP contribution >= 0.6 is 15.9 Å². The number of benzene rings is 3. The number of rotatable bonds is 8. The van der Waals surface area contributed by atoms with Gasteiger partial charge in [0.25, 0.3) is 10.0 Å². The van der Waals surface area contributed by atoms with Crippen LogP contribution < -0.4 is 14.4 Å². The first-order chi connectivity index (χ1) is 14.8. The standard InChI is InChI=1S/C22H20BrFN2O4S/c1-2-30-18-11-9-17(10-12-18)26(31(28,29)19-6-4-3-5-7-19)15-22(27)25-21-13-8-16(23)14-20(21)24/h3-14H,2,15H2,1H3,(H,25,27). The van der Waals surface area contributed by atoms with Crippen molar-refractivity contribution < 1.29 is 22.3 Å². The summed E-state index contributed by atoms with van der Waals surface area (Å²) in [5.41, 5.74) is 0.232. The molecule has 0 aliphatic rings. The van der Waals surface area contributed by atoms with E-state index in [4.69, 9.17) is 4.74 Å². The molecular weight excluding hydrogens is 487 g/mol. The Morgan fingerprint density at radius 1 is 1.06 bits per heavy atom. The lowest BCUT2D eigenvalue weighted by Crippen LogP contribution is -2.38. The second kappa shape index (κ2) is 9.93. The Hall–Kier alpha value is -2.91. The molecule has 9 heteroatoms. The van der Waals surface area contributed by atoms with Crippen molar-refractivity contribution in [2.75, 3.05) is 22.8 Å². The molecule has 0 aromatic heterocycles. The fourth-order valence-electron chi connectivity index (χ4n) is 2.82. The summed E-state index contributed by atoms with van der Waals surface area (Å²) in [4.78, 5) is 12.7. The zero-order chi connectivity index (χ0) is 22.4. The molecule has 0 fully saturated rings. The van der Waals surface area contributed by atoms with Gasteiger partial charge in [-0.3, -0.25) is 9.10 Å². The number of halogens is 2. The minimum absolute atomic E-state index is 0.0338. The van der Waals surface area contributed by atoms with E-state index in [1.807, 2.05) is 6.92 Å². The van der Waals surface area contributed by atoms with Gasteiger partial charge < -0.3 is 10.1 Å². The molecule has 0 aliphatic carbocycles. The van der Waals surface area contributed by atoms with Crippen LogP contribution in [0.15, 0.2) is 82.2 Å². The Morgan fingerprint density at radius 3 is 2.35 bits per heavy atom. The van der Waals surface area contributed by atoms with E-state index in [0.717, 1.165) is 4.31 Å². The predicted octanol–water partition coefficient (Wildman–Crippen LogP) is 4.82. The Labute approximate surface area is 188 Å². The number of nitrogens with zero attached hydrogens (tertiary/aromatic N) is 1. The second-order valence-electron chi connectivity index (χ2n) is 6.42. The summed E-state index contributed by atoms with van der Waals surface area (Å²) in [7, 11) is -4.05. The molecule has 0 heterocycles. The van der Waals surface area contributed by atoms with Gasteiger partial charge in [0.15, 0.2) is 0 Å². The van der Waals surface area contributed by atoms with Gasteiger partial charge in [-0.1, -0.05) is 34.1 Å². The molecule has 3 rings (SSSR count). The van der Waals surface area contributed by atoms with Crippen molar-refractivity contribution in [3.63, 3.8) is 0 Å². The van der Waals surface area contributed by atoms with Crippen LogP contribution in [0.2, 0.25) is 0 Å². The van der Waals surface area contributed by atoms with E-state index < -0.39 is 28.3 Å². The SMILES string of the molecule is CCOc1ccc(N(CC(=O)Nc2ccc(Br)cc2F)S(=O)(=O)c2ccccc2)cc1. The lowest BCUT2D eigenvalue weighted by molar-refractivity contribution is -0.114. The van der Waals surface area contributed by atoms with Gasteiger partial charge >= 0.3 is 0 Å². The Kier molecular flexibility index (Phi) is 7.29. The smallest absolute Gasteiger partial charge is 0.264 e. The van der Waals surface area contributed by atoms with Crippen molar-refractivity contribution in [1.82, 2.24) is 0 Å². The van der Waals surface area contributed by atoms with Gasteiger partial charge in [0.1, 0.15) is 18.1 Å². The number of sulfonamides is 1. The molecule has 0 spiro atoms. The molecule has 0 saturated carbocycles. The number of carbonyl (C=O) groups excluding carboxylic acids is 1. The summed E-state index contributed by atoms with van der Waals surface area (Å²) in [6.07, 6.45) is 0. The average Bonchev–Trinajstić information content (AvgIpc) is 2.75. The predicted molar refractivity (Wildman–Crippen MR) is 121 cm³/mol. The highest BCUT2D eigenvalue weighted by molar-refractivity contribution is 9.10. The summed E-state index contributed by atoms with van der Waals surface area (Å²) >= 11 is 3.15. The first kappa shape index (κ1) is 22.8. The highest BCUT2D eigenvalue weighted by Crippen LogP contribution is 2.26. The number of hydrogen-bond acceptors (Lipinski definition) is 4. The molecule has 0 saturated heterocycles. The van der Waals surface area contributed by atoms with Crippen molar-refractivity contribution >= 4 is 43.2 Å². The molecule has 0 unspecified atom stereocenters. The topological polar surface area (TPSA) is 75.7 Å². The van der Waals surface area contributed by atoms with Gasteiger partial charge in [-0.15, -0.1) is 0 Å². The highest BCUT2D eigenvalue weighted by atomic mass is 79.9. The molecular formula is C22H20BrFN2O4S. The summed E-state index contributed by atoms with van der Waals surface area (Å²) in [6, 6.07) is 18.3. The largest absolute Gasteiger partial charge is 0.494 e. The number of ether oxygens (including phenoxy) is 1. The van der Waals surface area contributed by atoms with Crippen LogP contribution in [0.1, 0.15) is 6.92 Å². The minimum Gasteiger partial charge on any atom is -0.494 e. The fraction of sp³-hybridized carbons (Fsp3) is 0.136. The van der Waals surface area contributed by atoms with E-state index in [1.165, 1.54) is 24.3 Å². The van der Waals surface area contributed by atoms with Gasteiger partial charge in [-0.2, -0.15) is 0 Å². The first-order valence-electron chi connectivity index (χ1n) is 9.37. The molecule has 1 amide bonds. The average molecular weight is 507 g/mol. The van der Waals surface area contributed by atoms with Gasteiger partial charge in [-0.05, 0) is 61.5 Å². The van der Waals surface area contributed by atoms with E-state index in [9.17, 15) is 17.6 Å². The molecule has 3 aromatic rings. The summed E-state index contributed by atoms with van der Waals surface area (Å²) in [5, 5.41) is 2.43. The van der Waals surface area contributed by atoms with Crippen LogP contribution in [0, 0.1) is 5.82 Å². The van der Waals surface area contributed by atoms with Crippen molar-refractivity contribution in [2.24, 2.45) is 0 Å². The van der Waals surface area contributed by atoms with E-state index in [1.54, 1.807) is 48.5 Å². The summed E-state index contributed by atoms with van der Waals surface area (Å²) in [5.74, 6) is -0.749. The maximum Gasteiger partial charge on any atom is 0.264 e. The van der Waals surface area contributed by atoms with Gasteiger partial charge in [0, 0.05) is 4.47 Å². The van der Waals surface area contributed by atoms with Gasteiger partial charge in [-0.25, -0.2) is 12.8 Å². The first-order valence-corrected chi connectivity index (χ1v) is 11.6. The molecule has 31 heavy (non-hydrogen) atoms. The van der Waals surface area contributed by atoms with Crippen molar-refractivity contribution in [3.05, 3.63) is 83.1 Å². The molecule has 0 atom stereocenters. The number of hydrogen-bond donors (Lipinski definition) is 1. The third-order valence-corrected chi connectivity index (χ3v) is 6.54. The zero-order valence-corrected chi connectivity index (χ0v) is 19.0. The maximum absolute atomic E-state index is 14.1. The van der Waals surface area contributed by atoms with E-state index in [2.05, 4.69) is 21.2 Å². The number of nitrogens with one attached hydrogen (secondary N) is 1. The summed E-state index contributed by atoms with van der Waals surface area (Å²) in [6.45, 7) is 1.76. The van der Waals surface area contributed by atoms with Crippen LogP contribution in [0.4, 0.5) is 15.8 Å². The number of amides is 1. The van der Waals surface area contributed by atoms with Crippen molar-refractivity contribution in [3.8, 4) is 5.75 Å². The third-order valence-electron chi connectivity index (χ3n) is 4.26. The van der Waals surface area contributed by atoms with Crippen molar-refractivity contribution in [2.45, 2.75) is 11.8 Å². The monoisotopic (exact) mass is 506 g/mol. The maximum atomic E-state index is 14.1. The molecule has 0 bridgehead atoms. The lowest BCUT2D eigenvalue weighted by atomic mass is 10.3. The fourth-order valence-corrected chi connectivity index (χ4v) is 4.60. The van der Waals surface area contributed by atoms with Crippen LogP contribution in [0.5, 0.6) is 5.75 Å². The minimum atomic E-state index is -4.05. The lowest BCUT2D eigenvalue weighted by Gasteiger charge is -2.24. The van der Waals surface area contributed by atoms with Crippen LogP contribution in [0.3, 0.4) is 0 Å². The Balaban J connectivity index is 1.92. The third kappa shape index (κ3) is 5.62. The molecule has 3 aromatic carbocycles. The highest BCUT2D eigenvalue weighted by Gasteiger charge is 2.27. The Bertz CT molecular complexity index is 1160. The number of carbonyl (C=O) groups is 1.